The molecule has 0 amide bonds. The van der Waals surface area contributed by atoms with Crippen LogP contribution in [0.3, 0.4) is 0 Å². The van der Waals surface area contributed by atoms with Crippen molar-refractivity contribution in [2.24, 2.45) is 11.8 Å². The summed E-state index contributed by atoms with van der Waals surface area (Å²) in [6, 6.07) is 0. The molecule has 44 heavy (non-hydrogen) atoms. The second kappa shape index (κ2) is 22.1. The van der Waals surface area contributed by atoms with Crippen LogP contribution < -0.4 is 35.1 Å². The Balaban J connectivity index is 4.26. The predicted molar refractivity (Wildman–Crippen MR) is 136 cm³/mol. The van der Waals surface area contributed by atoms with Crippen molar-refractivity contribution in [2.75, 3.05) is 93.3 Å². The van der Waals surface area contributed by atoms with E-state index in [-0.39, 0.29) is 19.7 Å². The molecule has 0 aromatic heterocycles. The number of hydrogen-bond acceptors (Lipinski definition) is 22. The molecule has 0 heterocycles. The number of rotatable bonds is 29. The van der Waals surface area contributed by atoms with Gasteiger partial charge in [-0.25, -0.2) is 0 Å². The van der Waals surface area contributed by atoms with E-state index in [1.165, 1.54) is 7.05 Å². The van der Waals surface area contributed by atoms with Gasteiger partial charge in [0.15, 0.2) is 0 Å². The standard InChI is InChI=1S/C16H41N2O21P5/c1-17-9-15(11-19)12-38-43(27,28)35-7-5-33-41(23,24)31-3-4-32-42(25,26)34-6-8-36-44(29,30)39-14-16(10-18-2)13-37-40(20,21)22/h15-19H,3-14H2,1-2H3,(H,23,24)(H,25,26)(H,27,28)(H,29,30)(H2,20,21,22)/p-5. The molecule has 0 aliphatic carbocycles. The van der Waals surface area contributed by atoms with Crippen molar-refractivity contribution in [1.29, 1.82) is 0 Å². The Hall–Kier alpha value is 0.430. The minimum Gasteiger partial charge on any atom is -0.756 e. The van der Waals surface area contributed by atoms with Gasteiger partial charge in [-0.3, -0.25) is 22.8 Å². The number of nitrogens with one attached hydrogen (secondary N) is 2. The van der Waals surface area contributed by atoms with Gasteiger partial charge in [0.1, 0.15) is 0 Å². The van der Waals surface area contributed by atoms with Crippen molar-refractivity contribution < 1.29 is 98.0 Å². The van der Waals surface area contributed by atoms with Crippen LogP contribution in [-0.2, 0) is 63.5 Å². The van der Waals surface area contributed by atoms with Gasteiger partial charge in [0.25, 0.3) is 39.1 Å². The third-order valence-corrected chi connectivity index (χ3v) is 8.80. The molecule has 0 radical (unpaired) electrons. The highest BCUT2D eigenvalue weighted by molar-refractivity contribution is 7.46. The van der Waals surface area contributed by atoms with Crippen molar-refractivity contribution in [2.45, 2.75) is 0 Å². The quantitative estimate of drug-likeness (QED) is 0.0420. The van der Waals surface area contributed by atoms with Crippen molar-refractivity contribution in [3.05, 3.63) is 0 Å². The van der Waals surface area contributed by atoms with Gasteiger partial charge in [-0.05, 0) is 14.1 Å². The van der Waals surface area contributed by atoms with Crippen LogP contribution in [0.5, 0.6) is 0 Å². The number of aliphatic hydroxyl groups excluding tert-OH is 1. The average Bonchev–Trinajstić information content (AvgIpc) is 2.91. The van der Waals surface area contributed by atoms with E-state index in [1.54, 1.807) is 7.05 Å². The lowest BCUT2D eigenvalue weighted by molar-refractivity contribution is -0.237. The minimum atomic E-state index is -5.09. The van der Waals surface area contributed by atoms with Crippen LogP contribution in [0.2, 0.25) is 0 Å². The third kappa shape index (κ3) is 25.5. The van der Waals surface area contributed by atoms with Gasteiger partial charge < -0.3 is 85.8 Å². The van der Waals surface area contributed by atoms with E-state index in [9.17, 15) is 47.3 Å². The van der Waals surface area contributed by atoms with Gasteiger partial charge in [-0.2, -0.15) is 0 Å². The average molecular weight is 747 g/mol. The van der Waals surface area contributed by atoms with Gasteiger partial charge >= 0.3 is 0 Å². The summed E-state index contributed by atoms with van der Waals surface area (Å²) in [6.07, 6.45) is 0. The molecule has 7 unspecified atom stereocenters. The highest BCUT2D eigenvalue weighted by Crippen LogP contribution is 2.43. The normalized spacial score (nSPS) is 20.5. The molecular formula is C16H36N2O21P5-5. The lowest BCUT2D eigenvalue weighted by Gasteiger charge is -2.28. The van der Waals surface area contributed by atoms with Crippen molar-refractivity contribution in [3.8, 4) is 0 Å². The molecule has 0 aromatic carbocycles. The fraction of sp³-hybridized carbons (Fsp3) is 1.00. The van der Waals surface area contributed by atoms with Crippen LogP contribution in [0.25, 0.3) is 0 Å². The molecule has 4 N–H and O–H groups in total. The lowest BCUT2D eigenvalue weighted by atomic mass is 10.2. The molecule has 7 atom stereocenters. The summed E-state index contributed by atoms with van der Waals surface area (Å²) in [5.41, 5.74) is 0. The first kappa shape index (κ1) is 44.4. The molecule has 266 valence electrons. The Labute approximate surface area is 253 Å². The van der Waals surface area contributed by atoms with E-state index in [1.807, 2.05) is 0 Å². The van der Waals surface area contributed by atoms with Crippen molar-refractivity contribution in [3.63, 3.8) is 0 Å². The van der Waals surface area contributed by atoms with Gasteiger partial charge in [0.2, 0.25) is 0 Å². The van der Waals surface area contributed by atoms with E-state index in [4.69, 9.17) is 10.00 Å². The van der Waals surface area contributed by atoms with Gasteiger partial charge in [-0.1, -0.05) is 0 Å². The maximum absolute atomic E-state index is 11.8. The van der Waals surface area contributed by atoms with E-state index < -0.39 is 110 Å². The van der Waals surface area contributed by atoms with Gasteiger partial charge in [0, 0.05) is 31.5 Å². The first-order valence-electron chi connectivity index (χ1n) is 12.2. The summed E-state index contributed by atoms with van der Waals surface area (Å²) >= 11 is 0. The Bertz CT molecular complexity index is 1030. The van der Waals surface area contributed by atoms with Crippen molar-refractivity contribution in [1.82, 2.24) is 10.6 Å². The van der Waals surface area contributed by atoms with Crippen LogP contribution in [-0.4, -0.2) is 103 Å². The van der Waals surface area contributed by atoms with E-state index in [0.29, 0.717) is 0 Å². The Morgan fingerprint density at radius 1 is 0.523 bits per heavy atom. The number of phosphoric acid groups is 5. The fourth-order valence-electron chi connectivity index (χ4n) is 2.56. The maximum atomic E-state index is 11.8. The topological polar surface area (TPSA) is 348 Å². The summed E-state index contributed by atoms with van der Waals surface area (Å²) in [5.74, 6) is -1.40. The zero-order valence-corrected chi connectivity index (χ0v) is 28.0. The summed E-state index contributed by atoms with van der Waals surface area (Å²) < 4.78 is 96.9. The number of aliphatic hydroxyl groups is 1. The molecule has 28 heteroatoms. The Morgan fingerprint density at radius 2 is 0.795 bits per heavy atom. The van der Waals surface area contributed by atoms with E-state index in [2.05, 4.69) is 51.3 Å². The van der Waals surface area contributed by atoms with Crippen LogP contribution >= 0.6 is 39.1 Å². The lowest BCUT2D eigenvalue weighted by Crippen LogP contribution is -2.28. The maximum Gasteiger partial charge on any atom is 0.268 e. The molecule has 0 spiro atoms. The monoisotopic (exact) mass is 747 g/mol. The van der Waals surface area contributed by atoms with Crippen LogP contribution in [0, 0.1) is 11.8 Å². The Morgan fingerprint density at radius 3 is 1.09 bits per heavy atom. The molecular weight excluding hydrogens is 711 g/mol. The summed E-state index contributed by atoms with van der Waals surface area (Å²) in [4.78, 5) is 66.1. The first-order chi connectivity index (χ1) is 20.3. The third-order valence-electron chi connectivity index (χ3n) is 4.40. The summed E-state index contributed by atoms with van der Waals surface area (Å²) in [7, 11) is -22.0. The largest absolute Gasteiger partial charge is 0.756 e. The number of phosphoric ester groups is 5. The van der Waals surface area contributed by atoms with E-state index in [0.717, 1.165) is 0 Å². The number of hydrogen-bond donors (Lipinski definition) is 4. The zero-order chi connectivity index (χ0) is 33.9. The zero-order valence-electron chi connectivity index (χ0n) is 23.5. The smallest absolute Gasteiger partial charge is 0.268 e. The highest BCUT2D eigenvalue weighted by Gasteiger charge is 2.19. The molecule has 0 rings (SSSR count). The first-order valence-corrected chi connectivity index (χ1v) is 19.6. The van der Waals surface area contributed by atoms with Crippen LogP contribution in [0.15, 0.2) is 0 Å². The molecule has 0 fully saturated rings. The highest BCUT2D eigenvalue weighted by atomic mass is 31.2. The second-order valence-corrected chi connectivity index (χ2v) is 15.0. The predicted octanol–water partition coefficient (Wildman–Crippen LogP) is -3.87. The summed E-state index contributed by atoms with van der Waals surface area (Å²) in [6.45, 7) is -6.84. The van der Waals surface area contributed by atoms with Crippen LogP contribution in [0.4, 0.5) is 0 Å². The SMILES string of the molecule is CNCC(CO)COP(=O)([O-])OCCOP(=O)([O-])OCCOP(=O)([O-])OCCOP(=O)([O-])OCC(CNC)COP(=O)([O-])O. The summed E-state index contributed by atoms with van der Waals surface area (Å²) in [5, 5.41) is 14.4. The molecule has 0 aromatic rings. The fourth-order valence-corrected chi connectivity index (χ4v) is 5.83. The molecule has 23 nitrogen and oxygen atoms in total. The Kier molecular flexibility index (Phi) is 22.4. The molecule has 0 aliphatic heterocycles. The van der Waals surface area contributed by atoms with Gasteiger partial charge in [0.05, 0.1) is 59.5 Å². The van der Waals surface area contributed by atoms with Gasteiger partial charge in [-0.15, -0.1) is 0 Å². The van der Waals surface area contributed by atoms with Crippen molar-refractivity contribution >= 4 is 39.1 Å². The second-order valence-electron chi connectivity index (χ2n) is 8.17. The van der Waals surface area contributed by atoms with Crippen LogP contribution in [0.1, 0.15) is 0 Å². The molecule has 0 bridgehead atoms. The molecule has 0 aliphatic rings. The van der Waals surface area contributed by atoms with E-state index >= 15 is 0 Å². The molecule has 0 saturated carbocycles. The minimum absolute atomic E-state index is 0.0244. The molecule has 0 saturated heterocycles.